The van der Waals surface area contributed by atoms with Crippen LogP contribution in [-0.4, -0.2) is 17.3 Å². The van der Waals surface area contributed by atoms with Crippen molar-refractivity contribution in [3.8, 4) is 17.0 Å². The van der Waals surface area contributed by atoms with Gasteiger partial charge in [-0.1, -0.05) is 6.92 Å². The summed E-state index contributed by atoms with van der Waals surface area (Å²) in [6.07, 6.45) is 0.761. The highest BCUT2D eigenvalue weighted by atomic mass is 19.1. The Morgan fingerprint density at radius 1 is 1.47 bits per heavy atom. The highest BCUT2D eigenvalue weighted by Gasteiger charge is 2.12. The van der Waals surface area contributed by atoms with Crippen LogP contribution < -0.4 is 10.5 Å². The molecule has 0 fully saturated rings. The number of nitrogens with zero attached hydrogens (tertiary/aromatic N) is 1. The van der Waals surface area contributed by atoms with E-state index in [0.717, 1.165) is 23.2 Å². The molecule has 0 saturated carbocycles. The summed E-state index contributed by atoms with van der Waals surface area (Å²) in [4.78, 5) is 0. The first-order chi connectivity index (χ1) is 8.17. The summed E-state index contributed by atoms with van der Waals surface area (Å²) in [5.74, 6) is 0.297. The number of aromatic amines is 1. The molecule has 0 saturated heterocycles. The van der Waals surface area contributed by atoms with Gasteiger partial charge in [0.25, 0.3) is 0 Å². The average Bonchev–Trinajstić information content (AvgIpc) is 2.71. The van der Waals surface area contributed by atoms with E-state index < -0.39 is 0 Å². The largest absolute Gasteiger partial charge is 0.494 e. The molecule has 0 aliphatic rings. The van der Waals surface area contributed by atoms with Crippen molar-refractivity contribution in [2.75, 3.05) is 12.8 Å². The number of nitrogen functional groups attached to an aromatic ring is 1. The SMILES string of the molecule is CCc1c(N)n[nH]c1-c1ccc(F)c(OC)c1. The second-order valence-corrected chi connectivity index (χ2v) is 3.67. The lowest BCUT2D eigenvalue weighted by molar-refractivity contribution is 0.387. The Hall–Kier alpha value is -2.04. The van der Waals surface area contributed by atoms with Crippen molar-refractivity contribution in [2.24, 2.45) is 0 Å². The molecular formula is C12H14FN3O. The molecule has 0 spiro atoms. The number of nitrogens with two attached hydrogens (primary N) is 1. The monoisotopic (exact) mass is 235 g/mol. The zero-order valence-electron chi connectivity index (χ0n) is 9.75. The molecule has 0 atom stereocenters. The smallest absolute Gasteiger partial charge is 0.165 e. The molecule has 0 radical (unpaired) electrons. The van der Waals surface area contributed by atoms with Crippen LogP contribution in [0.3, 0.4) is 0 Å². The maximum Gasteiger partial charge on any atom is 0.165 e. The minimum atomic E-state index is -0.387. The minimum Gasteiger partial charge on any atom is -0.494 e. The van der Waals surface area contributed by atoms with Gasteiger partial charge >= 0.3 is 0 Å². The van der Waals surface area contributed by atoms with Crippen molar-refractivity contribution in [1.82, 2.24) is 10.2 Å². The van der Waals surface area contributed by atoms with Crippen LogP contribution in [0, 0.1) is 5.82 Å². The van der Waals surface area contributed by atoms with Crippen molar-refractivity contribution in [3.63, 3.8) is 0 Å². The lowest BCUT2D eigenvalue weighted by atomic mass is 10.1. The fourth-order valence-corrected chi connectivity index (χ4v) is 1.79. The molecule has 0 aliphatic carbocycles. The quantitative estimate of drug-likeness (QED) is 0.858. The van der Waals surface area contributed by atoms with Gasteiger partial charge in [-0.05, 0) is 24.6 Å². The highest BCUT2D eigenvalue weighted by Crippen LogP contribution is 2.29. The molecule has 2 aromatic rings. The first-order valence-corrected chi connectivity index (χ1v) is 5.34. The average molecular weight is 235 g/mol. The van der Waals surface area contributed by atoms with Gasteiger partial charge in [0.2, 0.25) is 0 Å². The Labute approximate surface area is 98.6 Å². The van der Waals surface area contributed by atoms with E-state index in [4.69, 9.17) is 10.5 Å². The van der Waals surface area contributed by atoms with E-state index in [2.05, 4.69) is 10.2 Å². The van der Waals surface area contributed by atoms with Gasteiger partial charge < -0.3 is 10.5 Å². The van der Waals surface area contributed by atoms with Gasteiger partial charge in [-0.2, -0.15) is 5.10 Å². The lowest BCUT2D eigenvalue weighted by Crippen LogP contribution is -1.92. The van der Waals surface area contributed by atoms with Gasteiger partial charge in [-0.25, -0.2) is 4.39 Å². The Morgan fingerprint density at radius 2 is 2.24 bits per heavy atom. The van der Waals surface area contributed by atoms with Crippen molar-refractivity contribution in [2.45, 2.75) is 13.3 Å². The number of H-pyrrole nitrogens is 1. The molecule has 0 aliphatic heterocycles. The van der Waals surface area contributed by atoms with E-state index in [1.165, 1.54) is 13.2 Å². The van der Waals surface area contributed by atoms with Gasteiger partial charge in [-0.3, -0.25) is 5.10 Å². The molecule has 1 heterocycles. The van der Waals surface area contributed by atoms with E-state index in [1.54, 1.807) is 12.1 Å². The second-order valence-electron chi connectivity index (χ2n) is 3.67. The maximum atomic E-state index is 13.3. The van der Waals surface area contributed by atoms with E-state index in [1.807, 2.05) is 6.92 Å². The number of ether oxygens (including phenoxy) is 1. The Morgan fingerprint density at radius 3 is 2.88 bits per heavy atom. The van der Waals surface area contributed by atoms with E-state index in [9.17, 15) is 4.39 Å². The summed E-state index contributed by atoms with van der Waals surface area (Å²) in [6, 6.07) is 4.66. The van der Waals surface area contributed by atoms with Gasteiger partial charge in [0.1, 0.15) is 5.82 Å². The Bertz CT molecular complexity index is 537. The van der Waals surface area contributed by atoms with Crippen LogP contribution in [0.15, 0.2) is 18.2 Å². The predicted molar refractivity (Wildman–Crippen MR) is 64.3 cm³/mol. The third-order valence-electron chi connectivity index (χ3n) is 2.69. The molecule has 17 heavy (non-hydrogen) atoms. The topological polar surface area (TPSA) is 63.9 Å². The normalized spacial score (nSPS) is 10.5. The summed E-state index contributed by atoms with van der Waals surface area (Å²) < 4.78 is 18.2. The van der Waals surface area contributed by atoms with Gasteiger partial charge in [0.05, 0.1) is 12.8 Å². The first-order valence-electron chi connectivity index (χ1n) is 5.34. The van der Waals surface area contributed by atoms with Crippen LogP contribution in [-0.2, 0) is 6.42 Å². The fourth-order valence-electron chi connectivity index (χ4n) is 1.79. The number of nitrogens with one attached hydrogen (secondary N) is 1. The molecule has 0 bridgehead atoms. The van der Waals surface area contributed by atoms with Crippen LogP contribution in [0.25, 0.3) is 11.3 Å². The number of anilines is 1. The standard InChI is InChI=1S/C12H14FN3O/c1-3-8-11(15-16-12(8)14)7-4-5-9(13)10(6-7)17-2/h4-6H,3H2,1-2H3,(H3,14,15,16). The molecule has 1 aromatic carbocycles. The van der Waals surface area contributed by atoms with E-state index in [0.29, 0.717) is 5.82 Å². The van der Waals surface area contributed by atoms with Crippen molar-refractivity contribution in [3.05, 3.63) is 29.6 Å². The summed E-state index contributed by atoms with van der Waals surface area (Å²) in [5, 5.41) is 6.82. The maximum absolute atomic E-state index is 13.3. The molecule has 5 heteroatoms. The number of benzene rings is 1. The number of hydrogen-bond donors (Lipinski definition) is 2. The Balaban J connectivity index is 2.52. The summed E-state index contributed by atoms with van der Waals surface area (Å²) in [7, 11) is 1.43. The summed E-state index contributed by atoms with van der Waals surface area (Å²) in [6.45, 7) is 1.99. The zero-order valence-corrected chi connectivity index (χ0v) is 9.75. The van der Waals surface area contributed by atoms with Crippen molar-refractivity contribution in [1.29, 1.82) is 0 Å². The molecule has 0 unspecified atom stereocenters. The summed E-state index contributed by atoms with van der Waals surface area (Å²) >= 11 is 0. The number of rotatable bonds is 3. The minimum absolute atomic E-state index is 0.206. The predicted octanol–water partition coefficient (Wildman–Crippen LogP) is 2.37. The molecule has 0 amide bonds. The number of halogens is 1. The number of aromatic nitrogens is 2. The summed E-state index contributed by atoms with van der Waals surface area (Å²) in [5.41, 5.74) is 8.29. The molecule has 1 aromatic heterocycles. The van der Waals surface area contributed by atoms with Crippen molar-refractivity contribution < 1.29 is 9.13 Å². The first kappa shape index (κ1) is 11.4. The van der Waals surface area contributed by atoms with Crippen LogP contribution in [0.1, 0.15) is 12.5 Å². The number of hydrogen-bond acceptors (Lipinski definition) is 3. The Kier molecular flexibility index (Phi) is 2.99. The third kappa shape index (κ3) is 1.95. The molecule has 3 N–H and O–H groups in total. The van der Waals surface area contributed by atoms with E-state index in [-0.39, 0.29) is 11.6 Å². The molecule has 4 nitrogen and oxygen atoms in total. The van der Waals surface area contributed by atoms with Crippen molar-refractivity contribution >= 4 is 5.82 Å². The van der Waals surface area contributed by atoms with Crippen LogP contribution in [0.5, 0.6) is 5.75 Å². The van der Waals surface area contributed by atoms with Gasteiger partial charge in [-0.15, -0.1) is 0 Å². The molecule has 90 valence electrons. The number of methoxy groups -OCH3 is 1. The van der Waals surface area contributed by atoms with Crippen LogP contribution in [0.2, 0.25) is 0 Å². The van der Waals surface area contributed by atoms with Gasteiger partial charge in [0, 0.05) is 11.1 Å². The molecule has 2 rings (SSSR count). The van der Waals surface area contributed by atoms with Crippen LogP contribution in [0.4, 0.5) is 10.2 Å². The van der Waals surface area contributed by atoms with Gasteiger partial charge in [0.15, 0.2) is 11.6 Å². The lowest BCUT2D eigenvalue weighted by Gasteiger charge is -2.05. The third-order valence-corrected chi connectivity index (χ3v) is 2.69. The van der Waals surface area contributed by atoms with Crippen LogP contribution >= 0.6 is 0 Å². The zero-order chi connectivity index (χ0) is 12.4. The second kappa shape index (κ2) is 4.45. The fraction of sp³-hybridized carbons (Fsp3) is 0.250. The highest BCUT2D eigenvalue weighted by molar-refractivity contribution is 5.69. The van der Waals surface area contributed by atoms with E-state index >= 15 is 0 Å². The molecular weight excluding hydrogens is 221 g/mol.